The van der Waals surface area contributed by atoms with Crippen LogP contribution >= 0.6 is 0 Å². The molecular weight excluding hydrogens is 328 g/mol. The van der Waals surface area contributed by atoms with Crippen molar-refractivity contribution in [1.82, 2.24) is 16.0 Å². The molecule has 3 amide bonds. The van der Waals surface area contributed by atoms with Gasteiger partial charge >= 0.3 is 6.03 Å². The minimum atomic E-state index is -0.956. The van der Waals surface area contributed by atoms with Crippen molar-refractivity contribution in [3.63, 3.8) is 0 Å². The first-order valence-corrected chi connectivity index (χ1v) is 7.71. The molecule has 1 atom stereocenters. The van der Waals surface area contributed by atoms with Crippen LogP contribution in [-0.4, -0.2) is 19.0 Å². The van der Waals surface area contributed by atoms with Crippen molar-refractivity contribution in [2.24, 2.45) is 0 Å². The highest BCUT2D eigenvalue weighted by molar-refractivity contribution is 5.93. The molecule has 0 saturated heterocycles. The summed E-state index contributed by atoms with van der Waals surface area (Å²) >= 11 is 0. The third-order valence-corrected chi connectivity index (χ3v) is 3.69. The summed E-state index contributed by atoms with van der Waals surface area (Å²) in [7, 11) is 1.55. The van der Waals surface area contributed by atoms with Gasteiger partial charge in [-0.3, -0.25) is 4.79 Å². The molecule has 3 N–H and O–H groups in total. The molecule has 2 aromatic rings. The summed E-state index contributed by atoms with van der Waals surface area (Å²) in [6.45, 7) is 1.94. The monoisotopic (exact) mass is 347 g/mol. The number of carbonyl (C=O) groups is 2. The van der Waals surface area contributed by atoms with E-state index in [2.05, 4.69) is 16.0 Å². The molecule has 0 aromatic heterocycles. The van der Waals surface area contributed by atoms with Crippen LogP contribution in [0.2, 0.25) is 0 Å². The van der Waals surface area contributed by atoms with Crippen molar-refractivity contribution >= 4 is 11.9 Å². The van der Waals surface area contributed by atoms with Gasteiger partial charge in [-0.2, -0.15) is 0 Å². The highest BCUT2D eigenvalue weighted by Gasteiger charge is 2.12. The molecule has 7 heteroatoms. The van der Waals surface area contributed by atoms with Gasteiger partial charge in [0.05, 0.1) is 6.04 Å². The van der Waals surface area contributed by atoms with Gasteiger partial charge in [0, 0.05) is 19.2 Å². The highest BCUT2D eigenvalue weighted by atomic mass is 19.2. The van der Waals surface area contributed by atoms with Crippen molar-refractivity contribution < 1.29 is 18.4 Å². The molecule has 2 aromatic carbocycles. The molecule has 0 aliphatic carbocycles. The summed E-state index contributed by atoms with van der Waals surface area (Å²) < 4.78 is 26.2. The van der Waals surface area contributed by atoms with Crippen LogP contribution < -0.4 is 16.0 Å². The Kier molecular flexibility index (Phi) is 6.05. The molecule has 0 radical (unpaired) electrons. The van der Waals surface area contributed by atoms with Crippen molar-refractivity contribution in [2.45, 2.75) is 19.5 Å². The fourth-order valence-corrected chi connectivity index (χ4v) is 2.21. The van der Waals surface area contributed by atoms with Crippen molar-refractivity contribution in [3.05, 3.63) is 70.8 Å². The first-order chi connectivity index (χ1) is 11.9. The van der Waals surface area contributed by atoms with E-state index < -0.39 is 23.7 Å². The summed E-state index contributed by atoms with van der Waals surface area (Å²) in [6, 6.07) is 9.38. The number of amides is 3. The van der Waals surface area contributed by atoms with E-state index in [-0.39, 0.29) is 12.5 Å². The van der Waals surface area contributed by atoms with Gasteiger partial charge in [-0.1, -0.05) is 18.2 Å². The van der Waals surface area contributed by atoms with Gasteiger partial charge < -0.3 is 16.0 Å². The second-order valence-corrected chi connectivity index (χ2v) is 5.50. The minimum absolute atomic E-state index is 0.183. The Bertz CT molecular complexity index is 763. The molecule has 0 aliphatic rings. The molecule has 0 spiro atoms. The Balaban J connectivity index is 1.87. The molecule has 2 rings (SSSR count). The van der Waals surface area contributed by atoms with Gasteiger partial charge in [-0.05, 0) is 42.3 Å². The number of carbonyl (C=O) groups excluding carboxylic acids is 2. The summed E-state index contributed by atoms with van der Waals surface area (Å²) in [5.74, 6) is -2.07. The lowest BCUT2D eigenvalue weighted by molar-refractivity contribution is 0.0963. The fraction of sp³-hybridized carbons (Fsp3) is 0.222. The van der Waals surface area contributed by atoms with Gasteiger partial charge in [0.15, 0.2) is 11.6 Å². The van der Waals surface area contributed by atoms with E-state index in [1.54, 1.807) is 38.2 Å². The van der Waals surface area contributed by atoms with Crippen LogP contribution in [0.15, 0.2) is 42.5 Å². The maximum Gasteiger partial charge on any atom is 0.315 e. The average molecular weight is 347 g/mol. The lowest BCUT2D eigenvalue weighted by Gasteiger charge is -2.15. The van der Waals surface area contributed by atoms with Crippen LogP contribution in [0.3, 0.4) is 0 Å². The summed E-state index contributed by atoms with van der Waals surface area (Å²) in [5.41, 5.74) is 1.81. The van der Waals surface area contributed by atoms with Gasteiger partial charge in [0.25, 0.3) is 5.91 Å². The van der Waals surface area contributed by atoms with Crippen LogP contribution in [0.1, 0.15) is 34.5 Å². The Labute approximate surface area is 144 Å². The molecule has 0 bridgehead atoms. The minimum Gasteiger partial charge on any atom is -0.355 e. The summed E-state index contributed by atoms with van der Waals surface area (Å²) in [6.07, 6.45) is 0. The summed E-state index contributed by atoms with van der Waals surface area (Å²) in [5, 5.41) is 7.85. The fourth-order valence-electron chi connectivity index (χ4n) is 2.21. The zero-order valence-corrected chi connectivity index (χ0v) is 13.9. The van der Waals surface area contributed by atoms with Crippen LogP contribution in [0.4, 0.5) is 13.6 Å². The predicted molar refractivity (Wildman–Crippen MR) is 90.0 cm³/mol. The van der Waals surface area contributed by atoms with Gasteiger partial charge in [0.2, 0.25) is 0 Å². The molecule has 0 aliphatic heterocycles. The number of rotatable bonds is 5. The number of halogens is 2. The molecule has 0 heterocycles. The Morgan fingerprint density at radius 2 is 1.72 bits per heavy atom. The number of nitrogens with one attached hydrogen (secondary N) is 3. The second-order valence-electron chi connectivity index (χ2n) is 5.50. The van der Waals surface area contributed by atoms with Crippen molar-refractivity contribution in [2.75, 3.05) is 7.05 Å². The number of benzene rings is 2. The Hall–Kier alpha value is -2.96. The van der Waals surface area contributed by atoms with Gasteiger partial charge in [-0.15, -0.1) is 0 Å². The molecule has 0 fully saturated rings. The van der Waals surface area contributed by atoms with Crippen LogP contribution in [-0.2, 0) is 6.54 Å². The average Bonchev–Trinajstić information content (AvgIpc) is 2.62. The number of urea groups is 1. The highest BCUT2D eigenvalue weighted by Crippen LogP contribution is 2.15. The zero-order chi connectivity index (χ0) is 18.4. The van der Waals surface area contributed by atoms with E-state index in [9.17, 15) is 18.4 Å². The third kappa shape index (κ3) is 5.00. The van der Waals surface area contributed by atoms with Crippen molar-refractivity contribution in [3.8, 4) is 0 Å². The Morgan fingerprint density at radius 1 is 1.04 bits per heavy atom. The van der Waals surface area contributed by atoms with Crippen molar-refractivity contribution in [1.29, 1.82) is 0 Å². The largest absolute Gasteiger partial charge is 0.355 e. The second kappa shape index (κ2) is 8.23. The third-order valence-electron chi connectivity index (χ3n) is 3.69. The van der Waals surface area contributed by atoms with Gasteiger partial charge in [0.1, 0.15) is 0 Å². The van der Waals surface area contributed by atoms with E-state index in [4.69, 9.17) is 0 Å². The molecule has 25 heavy (non-hydrogen) atoms. The number of hydrogen-bond acceptors (Lipinski definition) is 2. The number of hydrogen-bond donors (Lipinski definition) is 3. The Morgan fingerprint density at radius 3 is 2.32 bits per heavy atom. The normalized spacial score (nSPS) is 11.5. The standard InChI is InChI=1S/C18H19F2N3O2/c1-11(14-7-8-15(19)16(20)9-14)23-18(25)22-10-12-3-5-13(6-4-12)17(24)21-2/h3-9,11H,10H2,1-2H3,(H,21,24)(H2,22,23,25). The van der Waals surface area contributed by atoms with E-state index in [1.807, 2.05) is 0 Å². The molecule has 5 nitrogen and oxygen atoms in total. The molecule has 132 valence electrons. The first kappa shape index (κ1) is 18.4. The van der Waals surface area contributed by atoms with E-state index >= 15 is 0 Å². The van der Waals surface area contributed by atoms with Crippen LogP contribution in [0.5, 0.6) is 0 Å². The molecule has 1 unspecified atom stereocenters. The smallest absolute Gasteiger partial charge is 0.315 e. The quantitative estimate of drug-likeness (QED) is 0.778. The van der Waals surface area contributed by atoms with Crippen LogP contribution in [0, 0.1) is 11.6 Å². The first-order valence-electron chi connectivity index (χ1n) is 7.71. The summed E-state index contributed by atoms with van der Waals surface area (Å²) in [4.78, 5) is 23.4. The topological polar surface area (TPSA) is 70.2 Å². The van der Waals surface area contributed by atoms with E-state index in [0.717, 1.165) is 17.7 Å². The van der Waals surface area contributed by atoms with Crippen LogP contribution in [0.25, 0.3) is 0 Å². The maximum atomic E-state index is 13.2. The lowest BCUT2D eigenvalue weighted by Crippen LogP contribution is -2.36. The molecule has 0 saturated carbocycles. The predicted octanol–water partition coefficient (Wildman–Crippen LogP) is 2.88. The van der Waals surface area contributed by atoms with E-state index in [1.165, 1.54) is 6.07 Å². The lowest BCUT2D eigenvalue weighted by atomic mass is 10.1. The van der Waals surface area contributed by atoms with Gasteiger partial charge in [-0.25, -0.2) is 13.6 Å². The zero-order valence-electron chi connectivity index (χ0n) is 13.9. The molecular formula is C18H19F2N3O2. The maximum absolute atomic E-state index is 13.2. The van der Waals surface area contributed by atoms with E-state index in [0.29, 0.717) is 11.1 Å². The SMILES string of the molecule is CNC(=O)c1ccc(CNC(=O)NC(C)c2ccc(F)c(F)c2)cc1.